The molecule has 4 heteroatoms. The topological polar surface area (TPSA) is 55.1 Å². The number of hydrogen-bond donors (Lipinski definition) is 2. The van der Waals surface area contributed by atoms with Gasteiger partial charge in [-0.25, -0.2) is 0 Å². The maximum absolute atomic E-state index is 10.9. The fourth-order valence-corrected chi connectivity index (χ4v) is 3.48. The standard InChI is InChI=1S/C16H24N2OS/c17-16(19)12-20-15-10-6-5-9-14(15)18-11-13-7-3-1-2-4-8-13/h5-6,9-10,13,18H,1-4,7-8,11-12H2,(H2,17,19). The van der Waals surface area contributed by atoms with Gasteiger partial charge in [-0.3, -0.25) is 4.79 Å². The molecule has 1 aromatic rings. The van der Waals surface area contributed by atoms with Crippen molar-refractivity contribution in [2.45, 2.75) is 43.4 Å². The minimum atomic E-state index is -0.270. The van der Waals surface area contributed by atoms with Crippen molar-refractivity contribution in [2.24, 2.45) is 11.7 Å². The summed E-state index contributed by atoms with van der Waals surface area (Å²) < 4.78 is 0. The van der Waals surface area contributed by atoms with Crippen LogP contribution in [0.3, 0.4) is 0 Å². The van der Waals surface area contributed by atoms with Crippen LogP contribution in [0.25, 0.3) is 0 Å². The van der Waals surface area contributed by atoms with E-state index in [4.69, 9.17) is 5.73 Å². The number of nitrogens with two attached hydrogens (primary N) is 1. The number of thioether (sulfide) groups is 1. The largest absolute Gasteiger partial charge is 0.384 e. The maximum atomic E-state index is 10.9. The van der Waals surface area contributed by atoms with E-state index in [2.05, 4.69) is 11.4 Å². The maximum Gasteiger partial charge on any atom is 0.227 e. The van der Waals surface area contributed by atoms with Gasteiger partial charge in [0, 0.05) is 17.1 Å². The van der Waals surface area contributed by atoms with Crippen molar-refractivity contribution in [2.75, 3.05) is 17.6 Å². The van der Waals surface area contributed by atoms with Crippen LogP contribution >= 0.6 is 11.8 Å². The van der Waals surface area contributed by atoms with E-state index in [1.54, 1.807) is 0 Å². The van der Waals surface area contributed by atoms with E-state index in [1.165, 1.54) is 50.3 Å². The van der Waals surface area contributed by atoms with Crippen molar-refractivity contribution >= 4 is 23.4 Å². The minimum absolute atomic E-state index is 0.270. The van der Waals surface area contributed by atoms with Crippen molar-refractivity contribution in [3.8, 4) is 0 Å². The van der Waals surface area contributed by atoms with Gasteiger partial charge in [0.2, 0.25) is 5.91 Å². The lowest BCUT2D eigenvalue weighted by molar-refractivity contribution is -0.115. The normalized spacial score (nSPS) is 16.6. The molecule has 0 atom stereocenters. The second-order valence-electron chi connectivity index (χ2n) is 5.49. The Bertz CT molecular complexity index is 428. The molecule has 0 bridgehead atoms. The summed E-state index contributed by atoms with van der Waals surface area (Å²) in [6.07, 6.45) is 8.19. The summed E-state index contributed by atoms with van der Waals surface area (Å²) in [4.78, 5) is 12.0. The Morgan fingerprint density at radius 3 is 2.60 bits per heavy atom. The summed E-state index contributed by atoms with van der Waals surface area (Å²) >= 11 is 1.51. The first-order chi connectivity index (χ1) is 9.75. The number of para-hydroxylation sites is 1. The van der Waals surface area contributed by atoms with Crippen LogP contribution in [-0.4, -0.2) is 18.2 Å². The van der Waals surface area contributed by atoms with Crippen LogP contribution in [0.4, 0.5) is 5.69 Å². The van der Waals surface area contributed by atoms with Crippen LogP contribution in [0, 0.1) is 5.92 Å². The summed E-state index contributed by atoms with van der Waals surface area (Å²) in [7, 11) is 0. The van der Waals surface area contributed by atoms with Crippen molar-refractivity contribution < 1.29 is 4.79 Å². The molecule has 0 unspecified atom stereocenters. The third-order valence-electron chi connectivity index (χ3n) is 3.81. The summed E-state index contributed by atoms with van der Waals surface area (Å²) in [6.45, 7) is 1.04. The highest BCUT2D eigenvalue weighted by Crippen LogP contribution is 2.28. The predicted molar refractivity (Wildman–Crippen MR) is 86.0 cm³/mol. The van der Waals surface area contributed by atoms with Gasteiger partial charge in [0.1, 0.15) is 0 Å². The van der Waals surface area contributed by atoms with Crippen molar-refractivity contribution in [3.63, 3.8) is 0 Å². The number of amides is 1. The Hall–Kier alpha value is -1.16. The molecule has 0 aromatic heterocycles. The molecule has 1 aliphatic rings. The summed E-state index contributed by atoms with van der Waals surface area (Å²) in [5.41, 5.74) is 6.35. The van der Waals surface area contributed by atoms with E-state index in [-0.39, 0.29) is 5.91 Å². The van der Waals surface area contributed by atoms with Crippen LogP contribution in [0.5, 0.6) is 0 Å². The smallest absolute Gasteiger partial charge is 0.227 e. The minimum Gasteiger partial charge on any atom is -0.384 e. The number of nitrogens with one attached hydrogen (secondary N) is 1. The zero-order valence-electron chi connectivity index (χ0n) is 11.9. The number of carbonyl (C=O) groups is 1. The van der Waals surface area contributed by atoms with E-state index < -0.39 is 0 Å². The molecule has 0 aliphatic heterocycles. The second kappa shape index (κ2) is 8.20. The molecule has 110 valence electrons. The first kappa shape index (κ1) is 15.2. The van der Waals surface area contributed by atoms with E-state index >= 15 is 0 Å². The molecule has 3 N–H and O–H groups in total. The molecule has 0 spiro atoms. The van der Waals surface area contributed by atoms with Gasteiger partial charge in [-0.05, 0) is 30.9 Å². The summed E-state index contributed by atoms with van der Waals surface area (Å²) in [5, 5.41) is 3.56. The highest BCUT2D eigenvalue weighted by atomic mass is 32.2. The van der Waals surface area contributed by atoms with Gasteiger partial charge in [0.25, 0.3) is 0 Å². The Morgan fingerprint density at radius 2 is 1.90 bits per heavy atom. The lowest BCUT2D eigenvalue weighted by atomic mass is 10.0. The Kier molecular flexibility index (Phi) is 6.25. The van der Waals surface area contributed by atoms with Gasteiger partial charge in [-0.1, -0.05) is 37.8 Å². The molecule has 1 fully saturated rings. The Morgan fingerprint density at radius 1 is 1.20 bits per heavy atom. The second-order valence-corrected chi connectivity index (χ2v) is 6.51. The molecule has 0 heterocycles. The van der Waals surface area contributed by atoms with E-state index in [0.717, 1.165) is 23.0 Å². The molecule has 1 aromatic carbocycles. The fourth-order valence-electron chi connectivity index (χ4n) is 2.71. The van der Waals surface area contributed by atoms with Gasteiger partial charge in [-0.15, -0.1) is 11.8 Å². The van der Waals surface area contributed by atoms with Gasteiger partial charge in [0.15, 0.2) is 0 Å². The lowest BCUT2D eigenvalue weighted by Gasteiger charge is -2.17. The fraction of sp³-hybridized carbons (Fsp3) is 0.562. The van der Waals surface area contributed by atoms with Crippen LogP contribution < -0.4 is 11.1 Å². The lowest BCUT2D eigenvalue weighted by Crippen LogP contribution is -2.15. The molecule has 20 heavy (non-hydrogen) atoms. The third-order valence-corrected chi connectivity index (χ3v) is 4.91. The van der Waals surface area contributed by atoms with Crippen LogP contribution in [0.1, 0.15) is 38.5 Å². The van der Waals surface area contributed by atoms with Crippen molar-refractivity contribution in [1.29, 1.82) is 0 Å². The molecule has 1 amide bonds. The number of benzene rings is 1. The molecule has 1 saturated carbocycles. The zero-order valence-corrected chi connectivity index (χ0v) is 12.8. The third kappa shape index (κ3) is 5.08. The van der Waals surface area contributed by atoms with Gasteiger partial charge >= 0.3 is 0 Å². The monoisotopic (exact) mass is 292 g/mol. The molecule has 1 aliphatic carbocycles. The number of rotatable bonds is 6. The molecular formula is C16H24N2OS. The van der Waals surface area contributed by atoms with Gasteiger partial charge < -0.3 is 11.1 Å². The van der Waals surface area contributed by atoms with Crippen molar-refractivity contribution in [3.05, 3.63) is 24.3 Å². The number of carbonyl (C=O) groups excluding carboxylic acids is 1. The van der Waals surface area contributed by atoms with Crippen LogP contribution in [0.2, 0.25) is 0 Å². The summed E-state index contributed by atoms with van der Waals surface area (Å²) in [5.74, 6) is 0.850. The molecule has 2 rings (SSSR count). The number of primary amides is 1. The van der Waals surface area contributed by atoms with Crippen LogP contribution in [0.15, 0.2) is 29.2 Å². The van der Waals surface area contributed by atoms with Gasteiger partial charge in [-0.2, -0.15) is 0 Å². The number of hydrogen-bond acceptors (Lipinski definition) is 3. The Labute approximate surface area is 125 Å². The average Bonchev–Trinajstić information content (AvgIpc) is 2.72. The predicted octanol–water partition coefficient (Wildman–Crippen LogP) is 3.65. The molecule has 0 saturated heterocycles. The first-order valence-electron chi connectivity index (χ1n) is 7.49. The SMILES string of the molecule is NC(=O)CSc1ccccc1NCC1CCCCCC1. The highest BCUT2D eigenvalue weighted by molar-refractivity contribution is 8.00. The van der Waals surface area contributed by atoms with E-state index in [9.17, 15) is 4.79 Å². The molecular weight excluding hydrogens is 268 g/mol. The van der Waals surface area contributed by atoms with E-state index in [0.29, 0.717) is 5.75 Å². The summed E-state index contributed by atoms with van der Waals surface area (Å²) in [6, 6.07) is 8.16. The average molecular weight is 292 g/mol. The van der Waals surface area contributed by atoms with E-state index in [1.807, 2.05) is 18.2 Å². The van der Waals surface area contributed by atoms with Crippen molar-refractivity contribution in [1.82, 2.24) is 0 Å². The molecule has 3 nitrogen and oxygen atoms in total. The first-order valence-corrected chi connectivity index (χ1v) is 8.48. The Balaban J connectivity index is 1.89. The van der Waals surface area contributed by atoms with Gasteiger partial charge in [0.05, 0.1) is 5.75 Å². The van der Waals surface area contributed by atoms with Crippen LogP contribution in [-0.2, 0) is 4.79 Å². The highest BCUT2D eigenvalue weighted by Gasteiger charge is 2.12. The zero-order chi connectivity index (χ0) is 14.2. The number of anilines is 1. The quantitative estimate of drug-likeness (QED) is 0.621. The molecule has 0 radical (unpaired) electrons.